The minimum atomic E-state index is -4.46. The number of methoxy groups -OCH3 is 2. The molecular formula is C21H20F3N5O3S. The van der Waals surface area contributed by atoms with E-state index in [1.165, 1.54) is 38.0 Å². The second-order valence-corrected chi connectivity index (χ2v) is 8.76. The molecule has 3 heterocycles. The zero-order valence-electron chi connectivity index (χ0n) is 18.4. The average Bonchev–Trinajstić information content (AvgIpc) is 3.20. The number of hydrogen-bond acceptors (Lipinski definition) is 8. The van der Waals surface area contributed by atoms with Crippen LogP contribution in [-0.4, -0.2) is 42.1 Å². The maximum Gasteiger partial charge on any atom is 0.416 e. The number of carbonyl (C=O) groups excluding carboxylic acids is 1. The molecule has 1 aromatic carbocycles. The first kappa shape index (κ1) is 22.8. The predicted octanol–water partition coefficient (Wildman–Crippen LogP) is 4.57. The Kier molecular flexibility index (Phi) is 5.43. The Morgan fingerprint density at radius 1 is 1.15 bits per heavy atom. The van der Waals surface area contributed by atoms with Gasteiger partial charge in [0.1, 0.15) is 6.33 Å². The van der Waals surface area contributed by atoms with Crippen molar-refractivity contribution < 1.29 is 27.4 Å². The summed E-state index contributed by atoms with van der Waals surface area (Å²) in [6, 6.07) is 3.56. The van der Waals surface area contributed by atoms with Crippen molar-refractivity contribution in [2.45, 2.75) is 25.6 Å². The van der Waals surface area contributed by atoms with Crippen LogP contribution in [0.15, 0.2) is 24.5 Å². The number of hydrogen-bond donors (Lipinski definition) is 1. The minimum absolute atomic E-state index is 0.00210. The van der Waals surface area contributed by atoms with Crippen LogP contribution >= 0.6 is 11.3 Å². The molecule has 1 aliphatic rings. The van der Waals surface area contributed by atoms with E-state index in [4.69, 9.17) is 9.47 Å². The van der Waals surface area contributed by atoms with Crippen molar-refractivity contribution >= 4 is 28.1 Å². The number of aromatic nitrogens is 3. The molecule has 174 valence electrons. The summed E-state index contributed by atoms with van der Waals surface area (Å²) in [5.41, 5.74) is 0.0745. The molecule has 0 unspecified atom stereocenters. The Hall–Kier alpha value is -3.41. The van der Waals surface area contributed by atoms with Gasteiger partial charge < -0.3 is 14.4 Å². The third kappa shape index (κ3) is 3.73. The lowest BCUT2D eigenvalue weighted by atomic mass is 9.89. The van der Waals surface area contributed by atoms with E-state index < -0.39 is 23.2 Å². The molecule has 1 amide bonds. The van der Waals surface area contributed by atoms with Crippen molar-refractivity contribution in [3.05, 3.63) is 40.5 Å². The van der Waals surface area contributed by atoms with Gasteiger partial charge >= 0.3 is 6.18 Å². The number of thiazole rings is 1. The number of fused-ring (bicyclic) bond motifs is 3. The van der Waals surface area contributed by atoms with Crippen LogP contribution in [0.3, 0.4) is 0 Å². The molecule has 1 aliphatic heterocycles. The topological polar surface area (TPSA) is 89.5 Å². The highest BCUT2D eigenvalue weighted by molar-refractivity contribution is 7.16. The third-order valence-electron chi connectivity index (χ3n) is 5.57. The first-order valence-corrected chi connectivity index (χ1v) is 10.5. The molecule has 0 bridgehead atoms. The standard InChI is InChI=1S/C21H20F3N5O3S/c1-20(2)15-14(11-7-6-10(21(22,23)24)8-12(11)29(20)3)27-19(33-15)28-16(30)13-17(31-4)25-9-26-18(13)32-5/h6-9H,1-5H3,(H,27,28,30). The number of ether oxygens (including phenoxy) is 2. The first-order chi connectivity index (χ1) is 15.5. The largest absolute Gasteiger partial charge is 0.480 e. The van der Waals surface area contributed by atoms with Gasteiger partial charge in [0.25, 0.3) is 5.91 Å². The Bertz CT molecular complexity index is 1220. The highest BCUT2D eigenvalue weighted by Gasteiger charge is 2.40. The van der Waals surface area contributed by atoms with Crippen molar-refractivity contribution in [2.24, 2.45) is 0 Å². The summed E-state index contributed by atoms with van der Waals surface area (Å²) in [4.78, 5) is 28.0. The molecule has 2 aromatic heterocycles. The highest BCUT2D eigenvalue weighted by atomic mass is 32.1. The minimum Gasteiger partial charge on any atom is -0.480 e. The van der Waals surface area contributed by atoms with E-state index in [-0.39, 0.29) is 22.5 Å². The molecule has 0 saturated carbocycles. The lowest BCUT2D eigenvalue weighted by Crippen LogP contribution is -2.41. The number of amides is 1. The number of alkyl halides is 3. The summed E-state index contributed by atoms with van der Waals surface area (Å²) in [5, 5.41) is 2.98. The fourth-order valence-corrected chi connectivity index (χ4v) is 4.74. The normalized spacial score (nSPS) is 14.4. The Morgan fingerprint density at radius 2 is 1.79 bits per heavy atom. The molecule has 8 nitrogen and oxygen atoms in total. The number of anilines is 2. The van der Waals surface area contributed by atoms with Crippen molar-refractivity contribution in [1.82, 2.24) is 15.0 Å². The summed E-state index contributed by atoms with van der Waals surface area (Å²) in [5.74, 6) is -0.522. The van der Waals surface area contributed by atoms with E-state index in [9.17, 15) is 18.0 Å². The van der Waals surface area contributed by atoms with Gasteiger partial charge in [-0.15, -0.1) is 0 Å². The molecule has 4 rings (SSSR count). The predicted molar refractivity (Wildman–Crippen MR) is 117 cm³/mol. The van der Waals surface area contributed by atoms with Gasteiger partial charge in [-0.3, -0.25) is 10.1 Å². The van der Waals surface area contributed by atoms with E-state index in [1.54, 1.807) is 11.9 Å². The molecule has 0 saturated heterocycles. The van der Waals surface area contributed by atoms with E-state index in [1.807, 2.05) is 13.8 Å². The van der Waals surface area contributed by atoms with Crippen molar-refractivity contribution in [3.8, 4) is 23.0 Å². The van der Waals surface area contributed by atoms with Gasteiger partial charge in [0.15, 0.2) is 10.7 Å². The third-order valence-corrected chi connectivity index (χ3v) is 6.86. The Balaban J connectivity index is 1.77. The molecule has 12 heteroatoms. The summed E-state index contributed by atoms with van der Waals surface area (Å²) < 4.78 is 50.2. The molecule has 0 spiro atoms. The molecule has 0 atom stereocenters. The number of halogens is 3. The fraction of sp³-hybridized carbons (Fsp3) is 0.333. The second-order valence-electron chi connectivity index (χ2n) is 7.77. The van der Waals surface area contributed by atoms with Gasteiger partial charge in [-0.2, -0.15) is 13.2 Å². The Labute approximate surface area is 191 Å². The van der Waals surface area contributed by atoms with Crippen LogP contribution in [-0.2, 0) is 11.7 Å². The van der Waals surface area contributed by atoms with Crippen molar-refractivity contribution in [2.75, 3.05) is 31.5 Å². The SMILES string of the molecule is COc1ncnc(OC)c1C(=O)Nc1nc2c(s1)C(C)(C)N(C)c1cc(C(F)(F)F)ccc1-2. The number of carbonyl (C=O) groups is 1. The summed E-state index contributed by atoms with van der Waals surface area (Å²) in [6.45, 7) is 3.77. The van der Waals surface area contributed by atoms with Gasteiger partial charge in [0, 0.05) is 18.3 Å². The fourth-order valence-electron chi connectivity index (χ4n) is 3.63. The van der Waals surface area contributed by atoms with Gasteiger partial charge in [0.05, 0.1) is 35.9 Å². The quantitative estimate of drug-likeness (QED) is 0.586. The highest BCUT2D eigenvalue weighted by Crippen LogP contribution is 2.51. The zero-order valence-corrected chi connectivity index (χ0v) is 19.2. The monoisotopic (exact) mass is 479 g/mol. The second kappa shape index (κ2) is 7.87. The first-order valence-electron chi connectivity index (χ1n) is 9.70. The number of nitrogens with zero attached hydrogens (tertiary/aromatic N) is 4. The van der Waals surface area contributed by atoms with Crippen molar-refractivity contribution in [3.63, 3.8) is 0 Å². The van der Waals surface area contributed by atoms with Crippen molar-refractivity contribution in [1.29, 1.82) is 0 Å². The maximum absolute atomic E-state index is 13.3. The smallest absolute Gasteiger partial charge is 0.416 e. The van der Waals surface area contributed by atoms with Crippen LogP contribution in [0.2, 0.25) is 0 Å². The van der Waals surface area contributed by atoms with Gasteiger partial charge in [0.2, 0.25) is 11.8 Å². The zero-order chi connectivity index (χ0) is 24.1. The summed E-state index contributed by atoms with van der Waals surface area (Å²) in [6.07, 6.45) is -3.25. The summed E-state index contributed by atoms with van der Waals surface area (Å²) >= 11 is 1.24. The van der Waals surface area contributed by atoms with Gasteiger partial charge in [-0.25, -0.2) is 15.0 Å². The van der Waals surface area contributed by atoms with E-state index >= 15 is 0 Å². The molecule has 3 aromatic rings. The van der Waals surface area contributed by atoms with Crippen LogP contribution in [0.4, 0.5) is 24.0 Å². The molecule has 33 heavy (non-hydrogen) atoms. The molecule has 0 fully saturated rings. The van der Waals surface area contributed by atoms with Gasteiger partial charge in [-0.05, 0) is 26.0 Å². The molecular weight excluding hydrogens is 459 g/mol. The van der Waals surface area contributed by atoms with E-state index in [2.05, 4.69) is 20.3 Å². The number of benzene rings is 1. The molecule has 0 aliphatic carbocycles. The number of nitrogens with one attached hydrogen (secondary N) is 1. The van der Waals surface area contributed by atoms with Crippen LogP contribution in [0.25, 0.3) is 11.3 Å². The lowest BCUT2D eigenvalue weighted by molar-refractivity contribution is -0.137. The van der Waals surface area contributed by atoms with Gasteiger partial charge in [-0.1, -0.05) is 17.4 Å². The van der Waals surface area contributed by atoms with Crippen LogP contribution in [0.1, 0.15) is 34.6 Å². The van der Waals surface area contributed by atoms with Crippen LogP contribution < -0.4 is 19.7 Å². The molecule has 0 radical (unpaired) electrons. The van der Waals surface area contributed by atoms with E-state index in [0.717, 1.165) is 17.0 Å². The lowest BCUT2D eigenvalue weighted by Gasteiger charge is -2.41. The van der Waals surface area contributed by atoms with E-state index in [0.29, 0.717) is 16.9 Å². The molecule has 1 N–H and O–H groups in total. The Morgan fingerprint density at radius 3 is 2.36 bits per heavy atom. The average molecular weight is 479 g/mol. The van der Waals surface area contributed by atoms with Crippen LogP contribution in [0.5, 0.6) is 11.8 Å². The maximum atomic E-state index is 13.3. The summed E-state index contributed by atoms with van der Waals surface area (Å²) in [7, 11) is 4.47. The number of rotatable bonds is 4. The van der Waals surface area contributed by atoms with Crippen LogP contribution in [0, 0.1) is 0 Å².